The zero-order valence-corrected chi connectivity index (χ0v) is 18.4. The van der Waals surface area contributed by atoms with Gasteiger partial charge in [0.15, 0.2) is 5.65 Å². The fraction of sp³-hybridized carbons (Fsp3) is 0.200. The number of aliphatic hydroxyl groups is 1. The maximum atomic E-state index is 12.2. The van der Waals surface area contributed by atoms with Crippen LogP contribution in [0.1, 0.15) is 12.5 Å². The fourth-order valence-corrected chi connectivity index (χ4v) is 4.29. The van der Waals surface area contributed by atoms with Crippen molar-refractivity contribution in [3.05, 3.63) is 73.6 Å². The predicted octanol–water partition coefficient (Wildman–Crippen LogP) is 3.19. The number of aliphatic hydroxyl groups excluding tert-OH is 1. The lowest BCUT2D eigenvalue weighted by Gasteiger charge is -2.35. The van der Waals surface area contributed by atoms with Crippen molar-refractivity contribution in [2.24, 2.45) is 0 Å². The van der Waals surface area contributed by atoms with Gasteiger partial charge in [-0.05, 0) is 48.9 Å². The number of aromatic nitrogens is 4. The Morgan fingerprint density at radius 1 is 1.09 bits per heavy atom. The first kappa shape index (κ1) is 21.6. The molecule has 2 aromatic heterocycles. The molecule has 0 saturated carbocycles. The van der Waals surface area contributed by atoms with Crippen LogP contribution in [0.3, 0.4) is 0 Å². The second-order valence-electron chi connectivity index (χ2n) is 8.18. The first-order valence-corrected chi connectivity index (χ1v) is 10.9. The van der Waals surface area contributed by atoms with Crippen LogP contribution in [0.5, 0.6) is 11.5 Å². The van der Waals surface area contributed by atoms with Gasteiger partial charge in [0.05, 0.1) is 17.5 Å². The number of carbonyl (C=O) groups is 1. The van der Waals surface area contributed by atoms with E-state index in [1.807, 2.05) is 54.6 Å². The van der Waals surface area contributed by atoms with Gasteiger partial charge in [-0.25, -0.2) is 14.6 Å². The molecule has 1 saturated heterocycles. The van der Waals surface area contributed by atoms with Crippen molar-refractivity contribution >= 4 is 22.8 Å². The molecule has 9 heteroatoms. The Balaban J connectivity index is 1.51. The van der Waals surface area contributed by atoms with Crippen LogP contribution in [0.4, 0.5) is 5.82 Å². The van der Waals surface area contributed by atoms with E-state index < -0.39 is 6.10 Å². The third kappa shape index (κ3) is 4.08. The number of fused-ring (bicyclic) bond motifs is 1. The number of anilines is 1. The van der Waals surface area contributed by atoms with Gasteiger partial charge in [0.1, 0.15) is 29.3 Å². The summed E-state index contributed by atoms with van der Waals surface area (Å²) < 4.78 is 7.63. The van der Waals surface area contributed by atoms with E-state index in [0.29, 0.717) is 41.3 Å². The Bertz CT molecular complexity index is 1340. The number of β-amino-alcohol motifs (C(OH)–C–C–N with tert-alkyl or cyclic N) is 1. The molecular formula is C25H24N6O3. The first-order valence-electron chi connectivity index (χ1n) is 10.9. The third-order valence-electron chi connectivity index (χ3n) is 5.86. The second kappa shape index (κ2) is 8.95. The first-order chi connectivity index (χ1) is 16.5. The van der Waals surface area contributed by atoms with E-state index in [9.17, 15) is 9.90 Å². The lowest BCUT2D eigenvalue weighted by Crippen LogP contribution is -2.46. The van der Waals surface area contributed by atoms with E-state index in [1.54, 1.807) is 9.58 Å². The predicted molar refractivity (Wildman–Crippen MR) is 128 cm³/mol. The van der Waals surface area contributed by atoms with Crippen LogP contribution >= 0.6 is 0 Å². The van der Waals surface area contributed by atoms with Crippen LogP contribution in [0.15, 0.2) is 73.6 Å². The number of ether oxygens (including phenoxy) is 1. The quantitative estimate of drug-likeness (QED) is 0.443. The molecule has 0 spiro atoms. The number of nitrogens with two attached hydrogens (primary N) is 1. The highest BCUT2D eigenvalue weighted by Crippen LogP contribution is 2.35. The van der Waals surface area contributed by atoms with Gasteiger partial charge < -0.3 is 20.5 Å². The molecule has 1 fully saturated rings. The average Bonchev–Trinajstić information content (AvgIpc) is 3.25. The summed E-state index contributed by atoms with van der Waals surface area (Å²) in [6.07, 6.45) is 2.40. The molecule has 2 aromatic carbocycles. The molecule has 3 heterocycles. The molecule has 1 aliphatic rings. The number of para-hydroxylation sites is 1. The number of amides is 1. The van der Waals surface area contributed by atoms with Gasteiger partial charge >= 0.3 is 0 Å². The van der Waals surface area contributed by atoms with Gasteiger partial charge in [0, 0.05) is 18.7 Å². The van der Waals surface area contributed by atoms with Crippen LogP contribution in [0.2, 0.25) is 0 Å². The Morgan fingerprint density at radius 2 is 1.82 bits per heavy atom. The summed E-state index contributed by atoms with van der Waals surface area (Å²) in [7, 11) is 0. The Kier molecular flexibility index (Phi) is 5.69. The van der Waals surface area contributed by atoms with Crippen molar-refractivity contribution in [3.8, 4) is 22.8 Å². The minimum atomic E-state index is -0.682. The molecule has 34 heavy (non-hydrogen) atoms. The molecule has 0 unspecified atom stereocenters. The number of carbonyl (C=O) groups excluding carboxylic acids is 1. The van der Waals surface area contributed by atoms with Gasteiger partial charge in [-0.1, -0.05) is 24.8 Å². The molecule has 2 atom stereocenters. The molecule has 0 aliphatic carbocycles. The Morgan fingerprint density at radius 3 is 2.56 bits per heavy atom. The largest absolute Gasteiger partial charge is 0.457 e. The molecular weight excluding hydrogens is 432 g/mol. The molecule has 9 nitrogen and oxygen atoms in total. The number of likely N-dealkylation sites (tertiary alicyclic amines) is 1. The molecule has 3 N–H and O–H groups in total. The van der Waals surface area contributed by atoms with Crippen molar-refractivity contribution in [3.63, 3.8) is 0 Å². The highest BCUT2D eigenvalue weighted by Gasteiger charge is 2.32. The van der Waals surface area contributed by atoms with Crippen molar-refractivity contribution in [1.29, 1.82) is 0 Å². The zero-order chi connectivity index (χ0) is 23.7. The Hall–Kier alpha value is -4.24. The summed E-state index contributed by atoms with van der Waals surface area (Å²) in [4.78, 5) is 22.4. The van der Waals surface area contributed by atoms with E-state index in [2.05, 4.69) is 16.5 Å². The van der Waals surface area contributed by atoms with Crippen LogP contribution < -0.4 is 10.5 Å². The van der Waals surface area contributed by atoms with Gasteiger partial charge in [0.25, 0.3) is 0 Å². The summed E-state index contributed by atoms with van der Waals surface area (Å²) in [6, 6.07) is 16.8. The lowest BCUT2D eigenvalue weighted by molar-refractivity contribution is -0.130. The number of piperidine rings is 1. The van der Waals surface area contributed by atoms with E-state index >= 15 is 0 Å². The topological polar surface area (TPSA) is 119 Å². The Labute approximate surface area is 196 Å². The third-order valence-corrected chi connectivity index (χ3v) is 5.86. The number of hydrogen-bond donors (Lipinski definition) is 2. The minimum Gasteiger partial charge on any atom is -0.457 e. The summed E-state index contributed by atoms with van der Waals surface area (Å²) in [5.41, 5.74) is 8.24. The highest BCUT2D eigenvalue weighted by molar-refractivity contribution is 5.98. The van der Waals surface area contributed by atoms with Gasteiger partial charge in [0.2, 0.25) is 5.91 Å². The molecule has 1 aliphatic heterocycles. The number of rotatable bonds is 5. The molecule has 4 aromatic rings. The van der Waals surface area contributed by atoms with E-state index in [4.69, 9.17) is 15.6 Å². The number of hydrogen-bond acceptors (Lipinski definition) is 7. The molecule has 5 rings (SSSR count). The van der Waals surface area contributed by atoms with E-state index in [1.165, 1.54) is 12.4 Å². The average molecular weight is 457 g/mol. The van der Waals surface area contributed by atoms with E-state index in [0.717, 1.165) is 11.3 Å². The lowest BCUT2D eigenvalue weighted by atomic mass is 10.0. The maximum absolute atomic E-state index is 12.2. The number of nitrogens with zero attached hydrogens (tertiary/aromatic N) is 5. The van der Waals surface area contributed by atoms with Gasteiger partial charge in [-0.2, -0.15) is 5.10 Å². The van der Waals surface area contributed by atoms with Crippen molar-refractivity contribution in [2.75, 3.05) is 18.8 Å². The van der Waals surface area contributed by atoms with Crippen LogP contribution in [-0.4, -0.2) is 54.9 Å². The minimum absolute atomic E-state index is 0.233. The second-order valence-corrected chi connectivity index (χ2v) is 8.18. The zero-order valence-electron chi connectivity index (χ0n) is 18.4. The van der Waals surface area contributed by atoms with Crippen LogP contribution in [0, 0.1) is 0 Å². The summed E-state index contributed by atoms with van der Waals surface area (Å²) >= 11 is 0. The summed E-state index contributed by atoms with van der Waals surface area (Å²) in [5.74, 6) is 1.52. The summed E-state index contributed by atoms with van der Waals surface area (Å²) in [5, 5.41) is 15.9. The molecule has 0 radical (unpaired) electrons. The standard InChI is InChI=1S/C25H24N6O3/c1-2-21(33)30-13-17(12-18(32)14-30)31-25-22(24(26)27-15-28-25)23(29-31)16-8-10-20(11-9-16)34-19-6-4-3-5-7-19/h2-11,15,17-18,32H,1,12-14H2,(H2,26,27,28)/t17-,18-/m1/s1. The molecule has 0 bridgehead atoms. The smallest absolute Gasteiger partial charge is 0.246 e. The maximum Gasteiger partial charge on any atom is 0.246 e. The van der Waals surface area contributed by atoms with Crippen molar-refractivity contribution in [2.45, 2.75) is 18.6 Å². The summed E-state index contributed by atoms with van der Waals surface area (Å²) in [6.45, 7) is 4.19. The van der Waals surface area contributed by atoms with Gasteiger partial charge in [-0.3, -0.25) is 4.79 Å². The van der Waals surface area contributed by atoms with Crippen LogP contribution in [0.25, 0.3) is 22.3 Å². The fourth-order valence-electron chi connectivity index (χ4n) is 4.29. The number of nitrogen functional groups attached to an aromatic ring is 1. The highest BCUT2D eigenvalue weighted by atomic mass is 16.5. The van der Waals surface area contributed by atoms with Crippen LogP contribution in [-0.2, 0) is 4.79 Å². The van der Waals surface area contributed by atoms with Crippen molar-refractivity contribution < 1.29 is 14.6 Å². The normalized spacial score (nSPS) is 18.1. The molecule has 1 amide bonds. The molecule has 172 valence electrons. The van der Waals surface area contributed by atoms with Gasteiger partial charge in [-0.15, -0.1) is 0 Å². The van der Waals surface area contributed by atoms with E-state index in [-0.39, 0.29) is 18.5 Å². The van der Waals surface area contributed by atoms with Crippen molar-refractivity contribution in [1.82, 2.24) is 24.6 Å². The SMILES string of the molecule is C=CC(=O)N1C[C@H](O)C[C@@H](n2nc(-c3ccc(Oc4ccccc4)cc3)c3c(N)ncnc32)C1. The monoisotopic (exact) mass is 456 g/mol. The number of benzene rings is 2.